The molecule has 116 valence electrons. The van der Waals surface area contributed by atoms with Gasteiger partial charge in [0.15, 0.2) is 0 Å². The highest BCUT2D eigenvalue weighted by molar-refractivity contribution is 7.09. The Bertz CT molecular complexity index is 623. The van der Waals surface area contributed by atoms with Crippen LogP contribution in [0.5, 0.6) is 0 Å². The van der Waals surface area contributed by atoms with Crippen molar-refractivity contribution in [2.45, 2.75) is 13.5 Å². The van der Waals surface area contributed by atoms with E-state index < -0.39 is 0 Å². The fraction of sp³-hybridized carbons (Fsp3) is 0.250. The second-order valence-electron chi connectivity index (χ2n) is 5.06. The van der Waals surface area contributed by atoms with Crippen LogP contribution in [0.3, 0.4) is 0 Å². The lowest BCUT2D eigenvalue weighted by molar-refractivity contribution is -0.117. The van der Waals surface area contributed by atoms with Crippen LogP contribution in [0.4, 0.5) is 11.4 Å². The van der Waals surface area contributed by atoms with E-state index in [1.807, 2.05) is 23.4 Å². The van der Waals surface area contributed by atoms with Gasteiger partial charge in [-0.2, -0.15) is 0 Å². The second kappa shape index (κ2) is 7.72. The first-order valence-electron chi connectivity index (χ1n) is 6.91. The molecule has 0 atom stereocenters. The molecular formula is C16H19N3O2S. The van der Waals surface area contributed by atoms with E-state index in [1.165, 1.54) is 11.8 Å². The second-order valence-corrected chi connectivity index (χ2v) is 6.09. The Balaban J connectivity index is 1.82. The first kappa shape index (κ1) is 16.2. The van der Waals surface area contributed by atoms with Crippen LogP contribution in [-0.4, -0.2) is 30.3 Å². The normalized spacial score (nSPS) is 10.5. The molecule has 0 aliphatic rings. The summed E-state index contributed by atoms with van der Waals surface area (Å²) in [5.41, 5.74) is 1.42. The molecule has 0 saturated heterocycles. The van der Waals surface area contributed by atoms with Gasteiger partial charge in [-0.05, 0) is 42.8 Å². The van der Waals surface area contributed by atoms with Crippen LogP contribution in [-0.2, 0) is 16.1 Å². The van der Waals surface area contributed by atoms with Crippen molar-refractivity contribution in [1.82, 2.24) is 4.90 Å². The summed E-state index contributed by atoms with van der Waals surface area (Å²) in [6.45, 7) is 2.54. The third kappa shape index (κ3) is 5.31. The fourth-order valence-corrected chi connectivity index (χ4v) is 2.79. The van der Waals surface area contributed by atoms with Crippen molar-refractivity contribution in [3.05, 3.63) is 46.7 Å². The van der Waals surface area contributed by atoms with E-state index in [-0.39, 0.29) is 11.8 Å². The van der Waals surface area contributed by atoms with Gasteiger partial charge in [0, 0.05) is 29.7 Å². The summed E-state index contributed by atoms with van der Waals surface area (Å²) in [7, 11) is 1.92. The zero-order valence-electron chi connectivity index (χ0n) is 12.6. The molecule has 0 aliphatic heterocycles. The first-order chi connectivity index (χ1) is 10.5. The van der Waals surface area contributed by atoms with Crippen molar-refractivity contribution < 1.29 is 9.59 Å². The summed E-state index contributed by atoms with van der Waals surface area (Å²) in [6, 6.07) is 11.1. The molecule has 1 aromatic heterocycles. The van der Waals surface area contributed by atoms with E-state index >= 15 is 0 Å². The Hall–Kier alpha value is -2.18. The number of benzene rings is 1. The number of hydrogen-bond acceptors (Lipinski definition) is 4. The summed E-state index contributed by atoms with van der Waals surface area (Å²) in [5, 5.41) is 7.55. The smallest absolute Gasteiger partial charge is 0.238 e. The van der Waals surface area contributed by atoms with Crippen LogP contribution in [0.15, 0.2) is 41.8 Å². The fourth-order valence-electron chi connectivity index (χ4n) is 2.01. The molecular weight excluding hydrogens is 298 g/mol. The number of hydrogen-bond donors (Lipinski definition) is 2. The Morgan fingerprint density at radius 1 is 1.09 bits per heavy atom. The van der Waals surface area contributed by atoms with Crippen molar-refractivity contribution in [3.8, 4) is 0 Å². The minimum absolute atomic E-state index is 0.0636. The van der Waals surface area contributed by atoms with Gasteiger partial charge >= 0.3 is 0 Å². The van der Waals surface area contributed by atoms with Crippen LogP contribution in [0.2, 0.25) is 0 Å². The Morgan fingerprint density at radius 2 is 1.73 bits per heavy atom. The number of likely N-dealkylation sites (N-methyl/N-ethyl adjacent to an activating group) is 1. The quantitative estimate of drug-likeness (QED) is 0.861. The van der Waals surface area contributed by atoms with Crippen LogP contribution >= 0.6 is 11.3 Å². The summed E-state index contributed by atoms with van der Waals surface area (Å²) in [6.07, 6.45) is 0. The minimum atomic E-state index is -0.119. The van der Waals surface area contributed by atoms with Crippen molar-refractivity contribution >= 4 is 34.5 Å². The maximum absolute atomic E-state index is 12.0. The molecule has 5 nitrogen and oxygen atoms in total. The van der Waals surface area contributed by atoms with Gasteiger partial charge in [-0.1, -0.05) is 6.07 Å². The monoisotopic (exact) mass is 317 g/mol. The van der Waals surface area contributed by atoms with E-state index in [2.05, 4.69) is 16.7 Å². The summed E-state index contributed by atoms with van der Waals surface area (Å²) < 4.78 is 0. The predicted octanol–water partition coefficient (Wildman–Crippen LogP) is 2.78. The third-order valence-electron chi connectivity index (χ3n) is 2.91. The highest BCUT2D eigenvalue weighted by Gasteiger charge is 2.08. The van der Waals surface area contributed by atoms with Crippen LogP contribution < -0.4 is 10.6 Å². The number of anilines is 2. The van der Waals surface area contributed by atoms with Crippen molar-refractivity contribution in [2.24, 2.45) is 0 Å². The largest absolute Gasteiger partial charge is 0.326 e. The number of carbonyl (C=O) groups is 2. The Labute approximate surface area is 134 Å². The highest BCUT2D eigenvalue weighted by Crippen LogP contribution is 2.14. The maximum atomic E-state index is 12.0. The highest BCUT2D eigenvalue weighted by atomic mass is 32.1. The molecule has 0 fully saturated rings. The van der Waals surface area contributed by atoms with Crippen molar-refractivity contribution in [2.75, 3.05) is 24.2 Å². The molecule has 0 spiro atoms. The zero-order valence-corrected chi connectivity index (χ0v) is 13.4. The van der Waals surface area contributed by atoms with Crippen LogP contribution in [0, 0.1) is 0 Å². The summed E-state index contributed by atoms with van der Waals surface area (Å²) in [4.78, 5) is 26.1. The number of amides is 2. The number of thiophene rings is 1. The molecule has 1 heterocycles. The van der Waals surface area contributed by atoms with E-state index in [9.17, 15) is 9.59 Å². The number of nitrogens with one attached hydrogen (secondary N) is 2. The SMILES string of the molecule is CC(=O)Nc1ccc(NC(=O)CN(C)Cc2cccs2)cc1. The van der Waals surface area contributed by atoms with Gasteiger partial charge in [0.25, 0.3) is 0 Å². The molecule has 0 saturated carbocycles. The van der Waals surface area contributed by atoms with Gasteiger partial charge in [0.2, 0.25) is 11.8 Å². The number of rotatable bonds is 6. The molecule has 1 aromatic carbocycles. The van der Waals surface area contributed by atoms with Crippen LogP contribution in [0.25, 0.3) is 0 Å². The maximum Gasteiger partial charge on any atom is 0.238 e. The molecule has 2 N–H and O–H groups in total. The molecule has 6 heteroatoms. The molecule has 0 bridgehead atoms. The minimum Gasteiger partial charge on any atom is -0.326 e. The van der Waals surface area contributed by atoms with Gasteiger partial charge in [-0.3, -0.25) is 14.5 Å². The van der Waals surface area contributed by atoms with E-state index in [4.69, 9.17) is 0 Å². The van der Waals surface area contributed by atoms with Gasteiger partial charge in [0.05, 0.1) is 6.54 Å². The lowest BCUT2D eigenvalue weighted by atomic mass is 10.2. The molecule has 22 heavy (non-hydrogen) atoms. The van der Waals surface area contributed by atoms with Crippen molar-refractivity contribution in [3.63, 3.8) is 0 Å². The van der Waals surface area contributed by atoms with E-state index in [0.29, 0.717) is 17.9 Å². The van der Waals surface area contributed by atoms with Gasteiger partial charge in [0.1, 0.15) is 0 Å². The summed E-state index contributed by atoms with van der Waals surface area (Å²) >= 11 is 1.68. The van der Waals surface area contributed by atoms with Gasteiger partial charge < -0.3 is 10.6 Å². The average Bonchev–Trinajstić information content (AvgIpc) is 2.93. The molecule has 0 unspecified atom stereocenters. The lowest BCUT2D eigenvalue weighted by Gasteiger charge is -2.15. The van der Waals surface area contributed by atoms with E-state index in [0.717, 1.165) is 6.54 Å². The summed E-state index contributed by atoms with van der Waals surface area (Å²) in [5.74, 6) is -0.182. The van der Waals surface area contributed by atoms with Crippen molar-refractivity contribution in [1.29, 1.82) is 0 Å². The Kier molecular flexibility index (Phi) is 5.68. The first-order valence-corrected chi connectivity index (χ1v) is 7.79. The molecule has 2 rings (SSSR count). The Morgan fingerprint density at radius 3 is 2.27 bits per heavy atom. The number of carbonyl (C=O) groups excluding carboxylic acids is 2. The standard InChI is InChI=1S/C16H19N3O2S/c1-12(20)17-13-5-7-14(8-6-13)18-16(21)11-19(2)10-15-4-3-9-22-15/h3-9H,10-11H2,1-2H3,(H,17,20)(H,18,21). The average molecular weight is 317 g/mol. The van der Waals surface area contributed by atoms with E-state index in [1.54, 1.807) is 35.6 Å². The van der Waals surface area contributed by atoms with Gasteiger partial charge in [-0.25, -0.2) is 0 Å². The van der Waals surface area contributed by atoms with Crippen LogP contribution in [0.1, 0.15) is 11.8 Å². The predicted molar refractivity (Wildman–Crippen MR) is 90.0 cm³/mol. The molecule has 2 amide bonds. The number of nitrogens with zero attached hydrogens (tertiary/aromatic N) is 1. The molecule has 2 aromatic rings. The van der Waals surface area contributed by atoms with Gasteiger partial charge in [-0.15, -0.1) is 11.3 Å². The zero-order chi connectivity index (χ0) is 15.9. The lowest BCUT2D eigenvalue weighted by Crippen LogP contribution is -2.29. The molecule has 0 aliphatic carbocycles. The third-order valence-corrected chi connectivity index (χ3v) is 3.77. The topological polar surface area (TPSA) is 61.4 Å². The molecule has 0 radical (unpaired) electrons.